The van der Waals surface area contributed by atoms with Gasteiger partial charge in [0.2, 0.25) is 15.9 Å². The number of nitrogens with two attached hydrogens (primary N) is 1. The smallest absolute Gasteiger partial charge is 0.243 e. The Balaban J connectivity index is 2.35. The predicted molar refractivity (Wildman–Crippen MR) is 99.1 cm³/mol. The van der Waals surface area contributed by atoms with Crippen molar-refractivity contribution in [2.75, 3.05) is 26.2 Å². The van der Waals surface area contributed by atoms with E-state index in [4.69, 9.17) is 5.73 Å². The van der Waals surface area contributed by atoms with Crippen LogP contribution in [0.5, 0.6) is 0 Å². The number of benzene rings is 1. The molecule has 6 nitrogen and oxygen atoms in total. The zero-order valence-corrected chi connectivity index (χ0v) is 16.8. The van der Waals surface area contributed by atoms with Crippen LogP contribution in [0.4, 0.5) is 0 Å². The first-order valence-electron chi connectivity index (χ1n) is 8.61. The molecule has 2 rings (SSSR count). The summed E-state index contributed by atoms with van der Waals surface area (Å²) in [7, 11) is -3.59. The normalized spacial score (nSPS) is 17.6. The molecule has 0 aromatic heterocycles. The average molecular weight is 368 g/mol. The number of hydrogen-bond acceptors (Lipinski definition) is 4. The van der Waals surface area contributed by atoms with Crippen molar-refractivity contribution >= 4 is 15.9 Å². The first-order valence-corrected chi connectivity index (χ1v) is 10.1. The van der Waals surface area contributed by atoms with Gasteiger partial charge in [-0.05, 0) is 69.4 Å². The predicted octanol–water partition coefficient (Wildman–Crippen LogP) is 1.41. The van der Waals surface area contributed by atoms with Gasteiger partial charge in [-0.3, -0.25) is 4.79 Å². The van der Waals surface area contributed by atoms with Crippen LogP contribution in [-0.4, -0.2) is 55.8 Å². The van der Waals surface area contributed by atoms with Crippen LogP contribution in [0.1, 0.15) is 34.7 Å². The van der Waals surface area contributed by atoms with Crippen LogP contribution >= 0.6 is 0 Å². The molecule has 7 heteroatoms. The highest BCUT2D eigenvalue weighted by Gasteiger charge is 2.33. The zero-order valence-electron chi connectivity index (χ0n) is 16.0. The fourth-order valence-corrected chi connectivity index (χ4v) is 5.40. The maximum Gasteiger partial charge on any atom is 0.243 e. The van der Waals surface area contributed by atoms with Crippen LogP contribution in [0.2, 0.25) is 0 Å². The summed E-state index contributed by atoms with van der Waals surface area (Å²) in [4.78, 5) is 14.0. The Kier molecular flexibility index (Phi) is 5.61. The zero-order chi connectivity index (χ0) is 19.1. The minimum atomic E-state index is -3.59. The molecule has 0 unspecified atom stereocenters. The number of carbonyl (C=O) groups excluding carboxylic acids is 1. The Morgan fingerprint density at radius 3 is 1.68 bits per heavy atom. The van der Waals surface area contributed by atoms with E-state index in [2.05, 4.69) is 0 Å². The minimum absolute atomic E-state index is 0.133. The number of carbonyl (C=O) groups is 1. The van der Waals surface area contributed by atoms with Gasteiger partial charge in [0.05, 0.1) is 10.9 Å². The average Bonchev–Trinajstić information content (AvgIpc) is 2.57. The highest BCUT2D eigenvalue weighted by atomic mass is 32.2. The Morgan fingerprint density at radius 1 is 0.880 bits per heavy atom. The molecule has 1 heterocycles. The summed E-state index contributed by atoms with van der Waals surface area (Å²) >= 11 is 0. The van der Waals surface area contributed by atoms with Crippen LogP contribution in [0.15, 0.2) is 4.90 Å². The highest BCUT2D eigenvalue weighted by molar-refractivity contribution is 7.89. The molecule has 0 radical (unpaired) electrons. The summed E-state index contributed by atoms with van der Waals surface area (Å²) in [5, 5.41) is 0. The molecule has 25 heavy (non-hydrogen) atoms. The van der Waals surface area contributed by atoms with E-state index < -0.39 is 16.1 Å². The van der Waals surface area contributed by atoms with Crippen LogP contribution in [0.3, 0.4) is 0 Å². The van der Waals surface area contributed by atoms with Crippen molar-refractivity contribution < 1.29 is 13.2 Å². The van der Waals surface area contributed by atoms with Crippen LogP contribution in [-0.2, 0) is 14.8 Å². The second-order valence-electron chi connectivity index (χ2n) is 6.97. The van der Waals surface area contributed by atoms with Crippen molar-refractivity contribution in [2.45, 2.75) is 52.5 Å². The third-order valence-electron chi connectivity index (χ3n) is 5.47. The van der Waals surface area contributed by atoms with Crippen LogP contribution in [0, 0.1) is 34.6 Å². The second kappa shape index (κ2) is 7.05. The van der Waals surface area contributed by atoms with Crippen molar-refractivity contribution in [1.29, 1.82) is 0 Å². The van der Waals surface area contributed by atoms with Gasteiger partial charge in [0, 0.05) is 26.2 Å². The molecule has 1 aliphatic heterocycles. The third kappa shape index (κ3) is 3.45. The molecule has 2 N–H and O–H groups in total. The standard InChI is InChI=1S/C18H29N3O3S/c1-11-12(2)14(4)17(15(5)13(11)3)25(23,24)21-9-7-20(8-10-21)18(22)16(6)19/h16H,7-10,19H2,1-6H3/t16-/m1/s1. The van der Waals surface area contributed by atoms with E-state index in [0.717, 1.165) is 27.8 Å². The molecule has 1 aromatic carbocycles. The molecule has 0 spiro atoms. The number of piperazine rings is 1. The maximum absolute atomic E-state index is 13.3. The summed E-state index contributed by atoms with van der Waals surface area (Å²) in [5.74, 6) is -0.133. The molecule has 0 bridgehead atoms. The number of hydrogen-bond donors (Lipinski definition) is 1. The largest absolute Gasteiger partial charge is 0.339 e. The summed E-state index contributed by atoms with van der Waals surface area (Å²) in [5.41, 5.74) is 10.5. The van der Waals surface area contributed by atoms with Crippen LogP contribution < -0.4 is 5.73 Å². The molecule has 1 aromatic rings. The number of nitrogens with zero attached hydrogens (tertiary/aromatic N) is 2. The summed E-state index contributed by atoms with van der Waals surface area (Å²) in [6, 6.07) is -0.560. The van der Waals surface area contributed by atoms with Gasteiger partial charge in [0.25, 0.3) is 0 Å². The minimum Gasteiger partial charge on any atom is -0.339 e. The number of amides is 1. The lowest BCUT2D eigenvalue weighted by atomic mass is 9.95. The van der Waals surface area contributed by atoms with Gasteiger partial charge in [-0.2, -0.15) is 4.31 Å². The second-order valence-corrected chi connectivity index (χ2v) is 8.85. The molecule has 1 atom stereocenters. The van der Waals surface area contributed by atoms with E-state index >= 15 is 0 Å². The molecule has 0 saturated carbocycles. The van der Waals surface area contributed by atoms with Crippen molar-refractivity contribution in [1.82, 2.24) is 9.21 Å². The van der Waals surface area contributed by atoms with E-state index in [-0.39, 0.29) is 5.91 Å². The van der Waals surface area contributed by atoms with Crippen molar-refractivity contribution in [3.63, 3.8) is 0 Å². The van der Waals surface area contributed by atoms with Gasteiger partial charge in [0.15, 0.2) is 0 Å². The Bertz CT molecular complexity index is 763. The quantitative estimate of drug-likeness (QED) is 0.875. The molecule has 1 aliphatic rings. The molecular formula is C18H29N3O3S. The van der Waals surface area contributed by atoms with E-state index in [0.29, 0.717) is 31.1 Å². The van der Waals surface area contributed by atoms with Crippen molar-refractivity contribution in [2.24, 2.45) is 5.73 Å². The monoisotopic (exact) mass is 367 g/mol. The van der Waals surface area contributed by atoms with Crippen molar-refractivity contribution in [3.05, 3.63) is 27.8 Å². The highest BCUT2D eigenvalue weighted by Crippen LogP contribution is 2.31. The topological polar surface area (TPSA) is 83.7 Å². The summed E-state index contributed by atoms with van der Waals surface area (Å²) in [6.45, 7) is 12.7. The lowest BCUT2D eigenvalue weighted by molar-refractivity contribution is -0.133. The van der Waals surface area contributed by atoms with Gasteiger partial charge in [-0.1, -0.05) is 0 Å². The number of sulfonamides is 1. The van der Waals surface area contributed by atoms with E-state index in [1.165, 1.54) is 4.31 Å². The SMILES string of the molecule is Cc1c(C)c(C)c(S(=O)(=O)N2CCN(C(=O)[C@@H](C)N)CC2)c(C)c1C. The Morgan fingerprint density at radius 2 is 1.28 bits per heavy atom. The summed E-state index contributed by atoms with van der Waals surface area (Å²) in [6.07, 6.45) is 0. The van der Waals surface area contributed by atoms with Gasteiger partial charge in [-0.25, -0.2) is 8.42 Å². The maximum atomic E-state index is 13.3. The molecule has 140 valence electrons. The Labute approximate surface area is 151 Å². The first-order chi connectivity index (χ1) is 11.5. The van der Waals surface area contributed by atoms with E-state index in [1.54, 1.807) is 11.8 Å². The summed E-state index contributed by atoms with van der Waals surface area (Å²) < 4.78 is 28.0. The van der Waals surface area contributed by atoms with Gasteiger partial charge >= 0.3 is 0 Å². The molecule has 1 amide bonds. The fourth-order valence-electron chi connectivity index (χ4n) is 3.42. The van der Waals surface area contributed by atoms with Gasteiger partial charge < -0.3 is 10.6 Å². The van der Waals surface area contributed by atoms with Gasteiger partial charge in [-0.15, -0.1) is 0 Å². The first kappa shape index (κ1) is 19.9. The molecule has 1 saturated heterocycles. The molecular weight excluding hydrogens is 338 g/mol. The van der Waals surface area contributed by atoms with Crippen LogP contribution in [0.25, 0.3) is 0 Å². The molecule has 1 fully saturated rings. The Hall–Kier alpha value is -1.44. The number of rotatable bonds is 3. The van der Waals surface area contributed by atoms with Crippen molar-refractivity contribution in [3.8, 4) is 0 Å². The van der Waals surface area contributed by atoms with E-state index in [1.807, 2.05) is 34.6 Å². The lowest BCUT2D eigenvalue weighted by Gasteiger charge is -2.35. The third-order valence-corrected chi connectivity index (χ3v) is 7.64. The van der Waals surface area contributed by atoms with Gasteiger partial charge in [0.1, 0.15) is 0 Å². The molecule has 0 aliphatic carbocycles. The fraction of sp³-hybridized carbons (Fsp3) is 0.611. The lowest BCUT2D eigenvalue weighted by Crippen LogP contribution is -2.53. The van der Waals surface area contributed by atoms with E-state index in [9.17, 15) is 13.2 Å².